The molecular formula is C16H17F3N4O4S. The Kier molecular flexibility index (Phi) is 5.59. The number of rotatable bonds is 5. The summed E-state index contributed by atoms with van der Waals surface area (Å²) in [4.78, 5) is 12.5. The summed E-state index contributed by atoms with van der Waals surface area (Å²) in [5.74, 6) is -0.964. The number of fused-ring (bicyclic) bond motifs is 1. The zero-order valence-electron chi connectivity index (χ0n) is 15.1. The van der Waals surface area contributed by atoms with Crippen LogP contribution in [0.25, 0.3) is 0 Å². The van der Waals surface area contributed by atoms with E-state index < -0.39 is 29.3 Å². The monoisotopic (exact) mass is 418 g/mol. The molecule has 0 amide bonds. The lowest BCUT2D eigenvalue weighted by molar-refractivity contribution is -0.147. The maximum atomic E-state index is 13.2. The van der Waals surface area contributed by atoms with Crippen LogP contribution in [-0.4, -0.2) is 46.9 Å². The molecule has 1 aromatic carbocycles. The standard InChI is InChI=1S/C16H17F3N4O4S/c1-4-27-13(24)12-11(8-5-6-9(25-2)10(7-8)26-3)22-23-14(16(17,18)19)20-21-15(23)28-12/h5-7,11-12,22H,4H2,1-3H3. The smallest absolute Gasteiger partial charge is 0.453 e. The van der Waals surface area contributed by atoms with Gasteiger partial charge in [-0.05, 0) is 24.6 Å². The van der Waals surface area contributed by atoms with Gasteiger partial charge in [0.05, 0.1) is 26.9 Å². The maximum absolute atomic E-state index is 13.2. The van der Waals surface area contributed by atoms with Crippen LogP contribution in [0.4, 0.5) is 13.2 Å². The maximum Gasteiger partial charge on any atom is 0.453 e. The summed E-state index contributed by atoms with van der Waals surface area (Å²) in [6.07, 6.45) is -4.71. The minimum absolute atomic E-state index is 0.0814. The number of methoxy groups -OCH3 is 2. The van der Waals surface area contributed by atoms with Gasteiger partial charge in [-0.25, -0.2) is 4.68 Å². The molecule has 1 aromatic heterocycles. The SMILES string of the molecule is CCOC(=O)C1Sc2nnc(C(F)(F)F)n2NC1c1ccc(OC)c(OC)c1. The first-order valence-electron chi connectivity index (χ1n) is 8.14. The molecule has 8 nitrogen and oxygen atoms in total. The highest BCUT2D eigenvalue weighted by atomic mass is 32.2. The first kappa shape index (κ1) is 20.1. The van der Waals surface area contributed by atoms with Crippen molar-refractivity contribution < 1.29 is 32.2 Å². The molecule has 0 bridgehead atoms. The van der Waals surface area contributed by atoms with Crippen molar-refractivity contribution in [3.8, 4) is 11.5 Å². The van der Waals surface area contributed by atoms with Crippen LogP contribution < -0.4 is 14.9 Å². The number of esters is 1. The first-order chi connectivity index (χ1) is 13.3. The lowest BCUT2D eigenvalue weighted by atomic mass is 10.0. The topological polar surface area (TPSA) is 87.5 Å². The second-order valence-corrected chi connectivity index (χ2v) is 6.76. The number of thioether (sulfide) groups is 1. The van der Waals surface area contributed by atoms with Gasteiger partial charge in [0, 0.05) is 0 Å². The Bertz CT molecular complexity index is 874. The third-order valence-electron chi connectivity index (χ3n) is 3.98. The Morgan fingerprint density at radius 1 is 1.25 bits per heavy atom. The normalized spacial score (nSPS) is 18.8. The number of carbonyl (C=O) groups is 1. The zero-order valence-corrected chi connectivity index (χ0v) is 15.9. The van der Waals surface area contributed by atoms with Crippen LogP contribution in [0.3, 0.4) is 0 Å². The molecule has 28 heavy (non-hydrogen) atoms. The highest BCUT2D eigenvalue weighted by Gasteiger charge is 2.44. The summed E-state index contributed by atoms with van der Waals surface area (Å²) in [5, 5.41) is 5.79. The van der Waals surface area contributed by atoms with E-state index in [1.807, 2.05) is 0 Å². The Balaban J connectivity index is 2.06. The highest BCUT2D eigenvalue weighted by molar-refractivity contribution is 8.00. The van der Waals surface area contributed by atoms with E-state index in [-0.39, 0.29) is 11.8 Å². The van der Waals surface area contributed by atoms with Crippen LogP contribution in [-0.2, 0) is 15.7 Å². The third kappa shape index (κ3) is 3.68. The van der Waals surface area contributed by atoms with Crippen LogP contribution in [0, 0.1) is 0 Å². The van der Waals surface area contributed by atoms with Gasteiger partial charge in [0.25, 0.3) is 5.82 Å². The molecule has 1 N–H and O–H groups in total. The number of alkyl halides is 3. The largest absolute Gasteiger partial charge is 0.493 e. The number of benzene rings is 1. The lowest BCUT2D eigenvalue weighted by Gasteiger charge is -2.32. The van der Waals surface area contributed by atoms with Crippen molar-refractivity contribution in [1.29, 1.82) is 0 Å². The Morgan fingerprint density at radius 3 is 2.57 bits per heavy atom. The average Bonchev–Trinajstić information content (AvgIpc) is 3.10. The summed E-state index contributed by atoms with van der Waals surface area (Å²) >= 11 is 0.849. The molecule has 0 radical (unpaired) electrons. The Hall–Kier alpha value is -2.63. The van der Waals surface area contributed by atoms with Crippen molar-refractivity contribution in [2.75, 3.05) is 26.3 Å². The van der Waals surface area contributed by atoms with Crippen molar-refractivity contribution >= 4 is 17.7 Å². The van der Waals surface area contributed by atoms with Crippen LogP contribution >= 0.6 is 11.8 Å². The molecule has 1 aliphatic heterocycles. The molecular weight excluding hydrogens is 401 g/mol. The van der Waals surface area contributed by atoms with Crippen molar-refractivity contribution in [2.24, 2.45) is 0 Å². The van der Waals surface area contributed by atoms with E-state index in [9.17, 15) is 18.0 Å². The average molecular weight is 418 g/mol. The summed E-state index contributed by atoms with van der Waals surface area (Å²) in [6, 6.07) is 3.98. The quantitative estimate of drug-likeness (QED) is 0.742. The number of halogens is 3. The molecule has 2 heterocycles. The first-order valence-corrected chi connectivity index (χ1v) is 9.02. The predicted molar refractivity (Wildman–Crippen MR) is 92.9 cm³/mol. The van der Waals surface area contributed by atoms with E-state index in [2.05, 4.69) is 15.6 Å². The fraction of sp³-hybridized carbons (Fsp3) is 0.438. The van der Waals surface area contributed by atoms with Gasteiger partial charge < -0.3 is 19.6 Å². The fourth-order valence-electron chi connectivity index (χ4n) is 2.74. The van der Waals surface area contributed by atoms with Gasteiger partial charge in [0.15, 0.2) is 11.5 Å². The number of carbonyl (C=O) groups excluding carboxylic acids is 1. The van der Waals surface area contributed by atoms with Crippen LogP contribution in [0.1, 0.15) is 24.4 Å². The highest BCUT2D eigenvalue weighted by Crippen LogP contribution is 2.41. The number of hydrogen-bond donors (Lipinski definition) is 1. The van der Waals surface area contributed by atoms with Gasteiger partial charge in [-0.3, -0.25) is 4.79 Å². The molecule has 152 valence electrons. The van der Waals surface area contributed by atoms with E-state index >= 15 is 0 Å². The van der Waals surface area contributed by atoms with Crippen molar-refractivity contribution in [1.82, 2.24) is 14.9 Å². The van der Waals surface area contributed by atoms with Gasteiger partial charge >= 0.3 is 12.1 Å². The van der Waals surface area contributed by atoms with E-state index in [0.717, 1.165) is 16.4 Å². The molecule has 2 unspecified atom stereocenters. The molecule has 0 fully saturated rings. The summed E-state index contributed by atoms with van der Waals surface area (Å²) in [5.41, 5.74) is 3.21. The van der Waals surface area contributed by atoms with E-state index in [1.54, 1.807) is 25.1 Å². The molecule has 0 aliphatic carbocycles. The predicted octanol–water partition coefficient (Wildman–Crippen LogP) is 2.64. The molecule has 12 heteroatoms. The summed E-state index contributed by atoms with van der Waals surface area (Å²) in [6.45, 7) is 1.78. The molecule has 1 aliphatic rings. The number of aromatic nitrogens is 3. The van der Waals surface area contributed by atoms with E-state index in [0.29, 0.717) is 17.1 Å². The number of ether oxygens (including phenoxy) is 3. The molecule has 2 atom stereocenters. The van der Waals surface area contributed by atoms with Crippen LogP contribution in [0.15, 0.2) is 23.4 Å². The Morgan fingerprint density at radius 2 is 1.96 bits per heavy atom. The van der Waals surface area contributed by atoms with Gasteiger partial charge in [-0.15, -0.1) is 10.2 Å². The number of hydrogen-bond acceptors (Lipinski definition) is 8. The minimum atomic E-state index is -4.71. The zero-order chi connectivity index (χ0) is 20.5. The number of nitrogens with one attached hydrogen (secondary N) is 1. The van der Waals surface area contributed by atoms with Crippen LogP contribution in [0.5, 0.6) is 11.5 Å². The molecule has 0 saturated heterocycles. The number of nitrogens with zero attached hydrogens (tertiary/aromatic N) is 3. The van der Waals surface area contributed by atoms with Gasteiger partial charge in [0.2, 0.25) is 5.16 Å². The second kappa shape index (κ2) is 7.78. The molecule has 0 saturated carbocycles. The van der Waals surface area contributed by atoms with E-state index in [1.165, 1.54) is 14.2 Å². The van der Waals surface area contributed by atoms with Crippen LogP contribution in [0.2, 0.25) is 0 Å². The minimum Gasteiger partial charge on any atom is -0.493 e. The summed E-state index contributed by atoms with van der Waals surface area (Å²) < 4.78 is 56.0. The molecule has 3 rings (SSSR count). The van der Waals surface area contributed by atoms with Gasteiger partial charge in [-0.2, -0.15) is 13.2 Å². The Labute approximate surface area is 162 Å². The van der Waals surface area contributed by atoms with Crippen molar-refractivity contribution in [3.05, 3.63) is 29.6 Å². The van der Waals surface area contributed by atoms with Crippen molar-refractivity contribution in [2.45, 2.75) is 29.5 Å². The summed E-state index contributed by atoms with van der Waals surface area (Å²) in [7, 11) is 2.90. The second-order valence-electron chi connectivity index (χ2n) is 5.65. The lowest BCUT2D eigenvalue weighted by Crippen LogP contribution is -2.40. The molecule has 2 aromatic rings. The third-order valence-corrected chi connectivity index (χ3v) is 5.17. The van der Waals surface area contributed by atoms with Gasteiger partial charge in [-0.1, -0.05) is 17.8 Å². The van der Waals surface area contributed by atoms with Crippen molar-refractivity contribution in [3.63, 3.8) is 0 Å². The van der Waals surface area contributed by atoms with E-state index in [4.69, 9.17) is 14.2 Å². The molecule has 0 spiro atoms. The fourth-order valence-corrected chi connectivity index (χ4v) is 3.82. The van der Waals surface area contributed by atoms with Gasteiger partial charge in [0.1, 0.15) is 5.25 Å².